The summed E-state index contributed by atoms with van der Waals surface area (Å²) in [5.74, 6) is 2.24. The predicted molar refractivity (Wildman–Crippen MR) is 75.5 cm³/mol. The maximum absolute atomic E-state index is 6.11. The number of alkyl halides is 1. The quantitative estimate of drug-likeness (QED) is 0.664. The number of halogens is 2. The molecule has 0 saturated heterocycles. The average Bonchev–Trinajstić information content (AvgIpc) is 2.26. The van der Waals surface area contributed by atoms with E-state index < -0.39 is 0 Å². The van der Waals surface area contributed by atoms with Crippen LogP contribution in [0.3, 0.4) is 0 Å². The Hall–Kier alpha value is -0.400. The van der Waals surface area contributed by atoms with Crippen molar-refractivity contribution in [3.63, 3.8) is 0 Å². The summed E-state index contributed by atoms with van der Waals surface area (Å²) in [7, 11) is 0. The van der Waals surface area contributed by atoms with Crippen molar-refractivity contribution in [1.29, 1.82) is 0 Å². The molecule has 1 nitrogen and oxygen atoms in total. The summed E-state index contributed by atoms with van der Waals surface area (Å²) < 4.78 is 5.74. The van der Waals surface area contributed by atoms with Gasteiger partial charge in [0.2, 0.25) is 0 Å². The first-order chi connectivity index (χ1) is 8.04. The molecule has 0 aliphatic rings. The highest BCUT2D eigenvalue weighted by molar-refractivity contribution is 6.32. The van der Waals surface area contributed by atoms with Crippen LogP contribution in [0.5, 0.6) is 5.75 Å². The van der Waals surface area contributed by atoms with E-state index in [4.69, 9.17) is 27.9 Å². The molecule has 0 fully saturated rings. The molecule has 0 aromatic heterocycles. The summed E-state index contributed by atoms with van der Waals surface area (Å²) in [6.45, 7) is 6.93. The van der Waals surface area contributed by atoms with Crippen LogP contribution in [-0.4, -0.2) is 12.5 Å². The number of ether oxygens (including phenoxy) is 1. The van der Waals surface area contributed by atoms with E-state index in [1.165, 1.54) is 0 Å². The third-order valence-electron chi connectivity index (χ3n) is 2.89. The van der Waals surface area contributed by atoms with Crippen LogP contribution in [0.1, 0.15) is 30.9 Å². The number of hydrogen-bond donors (Lipinski definition) is 0. The Morgan fingerprint density at radius 3 is 2.29 bits per heavy atom. The van der Waals surface area contributed by atoms with Crippen LogP contribution in [-0.2, 0) is 0 Å². The molecule has 1 atom stereocenters. The summed E-state index contributed by atoms with van der Waals surface area (Å²) in [6, 6.07) is 3.98. The molecule has 3 heteroatoms. The summed E-state index contributed by atoms with van der Waals surface area (Å²) >= 11 is 11.8. The van der Waals surface area contributed by atoms with Gasteiger partial charge in [-0.05, 0) is 55.9 Å². The van der Waals surface area contributed by atoms with Crippen LogP contribution in [0.15, 0.2) is 12.1 Å². The normalized spacial score (nSPS) is 12.5. The smallest absolute Gasteiger partial charge is 0.119 e. The van der Waals surface area contributed by atoms with Crippen molar-refractivity contribution >= 4 is 23.2 Å². The van der Waals surface area contributed by atoms with Gasteiger partial charge in [0.05, 0.1) is 6.61 Å². The fraction of sp³-hybridized carbons (Fsp3) is 0.571. The molecule has 0 spiro atoms. The minimum Gasteiger partial charge on any atom is -0.494 e. The molecule has 0 aliphatic carbocycles. The number of aryl methyl sites for hydroxylation is 2. The van der Waals surface area contributed by atoms with Crippen LogP contribution in [0.25, 0.3) is 0 Å². The fourth-order valence-electron chi connectivity index (χ4n) is 1.70. The summed E-state index contributed by atoms with van der Waals surface area (Å²) in [5.41, 5.74) is 2.13. The van der Waals surface area contributed by atoms with Gasteiger partial charge in [-0.1, -0.05) is 18.5 Å². The molecule has 0 aliphatic heterocycles. The van der Waals surface area contributed by atoms with Gasteiger partial charge in [-0.2, -0.15) is 0 Å². The second-order valence-electron chi connectivity index (χ2n) is 4.59. The highest BCUT2D eigenvalue weighted by Gasteiger charge is 2.05. The molecule has 96 valence electrons. The molecular weight excluding hydrogens is 255 g/mol. The van der Waals surface area contributed by atoms with E-state index in [0.29, 0.717) is 5.92 Å². The molecule has 0 radical (unpaired) electrons. The van der Waals surface area contributed by atoms with E-state index in [-0.39, 0.29) is 0 Å². The van der Waals surface area contributed by atoms with Gasteiger partial charge in [-0.25, -0.2) is 0 Å². The second-order valence-corrected chi connectivity index (χ2v) is 5.35. The van der Waals surface area contributed by atoms with Crippen LogP contribution >= 0.6 is 23.2 Å². The van der Waals surface area contributed by atoms with Crippen LogP contribution < -0.4 is 4.74 Å². The van der Waals surface area contributed by atoms with Gasteiger partial charge in [0.1, 0.15) is 5.75 Å². The molecule has 17 heavy (non-hydrogen) atoms. The molecule has 1 rings (SSSR count). The monoisotopic (exact) mass is 274 g/mol. The van der Waals surface area contributed by atoms with Crippen molar-refractivity contribution in [1.82, 2.24) is 0 Å². The van der Waals surface area contributed by atoms with E-state index in [9.17, 15) is 0 Å². The van der Waals surface area contributed by atoms with Gasteiger partial charge >= 0.3 is 0 Å². The third kappa shape index (κ3) is 4.77. The van der Waals surface area contributed by atoms with Crippen molar-refractivity contribution < 1.29 is 4.74 Å². The summed E-state index contributed by atoms with van der Waals surface area (Å²) in [5, 5.41) is 0.827. The van der Waals surface area contributed by atoms with Gasteiger partial charge in [-0.3, -0.25) is 0 Å². The maximum atomic E-state index is 6.11. The third-order valence-corrected chi connectivity index (χ3v) is 3.71. The van der Waals surface area contributed by atoms with Crippen molar-refractivity contribution in [2.45, 2.75) is 33.6 Å². The topological polar surface area (TPSA) is 9.23 Å². The SMILES string of the molecule is Cc1cc(OCCC(C)CCCl)cc(C)c1Cl. The van der Waals surface area contributed by atoms with Crippen molar-refractivity contribution in [2.75, 3.05) is 12.5 Å². The van der Waals surface area contributed by atoms with Gasteiger partial charge in [-0.15, -0.1) is 11.6 Å². The van der Waals surface area contributed by atoms with Gasteiger partial charge in [0.15, 0.2) is 0 Å². The molecule has 1 unspecified atom stereocenters. The molecule has 0 saturated carbocycles. The van der Waals surface area contributed by atoms with E-state index in [1.54, 1.807) is 0 Å². The van der Waals surface area contributed by atoms with Gasteiger partial charge < -0.3 is 4.74 Å². The zero-order valence-electron chi connectivity index (χ0n) is 10.7. The van der Waals surface area contributed by atoms with Crippen LogP contribution in [0.2, 0.25) is 5.02 Å². The van der Waals surface area contributed by atoms with E-state index >= 15 is 0 Å². The van der Waals surface area contributed by atoms with Crippen LogP contribution in [0.4, 0.5) is 0 Å². The van der Waals surface area contributed by atoms with E-state index in [2.05, 4.69) is 6.92 Å². The number of hydrogen-bond acceptors (Lipinski definition) is 1. The predicted octanol–water partition coefficient (Wildman–Crippen LogP) is 4.99. The highest BCUT2D eigenvalue weighted by atomic mass is 35.5. The zero-order chi connectivity index (χ0) is 12.8. The molecular formula is C14H20Cl2O. The Morgan fingerprint density at radius 1 is 1.18 bits per heavy atom. The molecule has 0 bridgehead atoms. The fourth-order valence-corrected chi connectivity index (χ4v) is 2.18. The standard InChI is InChI=1S/C14H20Cl2O/c1-10(4-6-15)5-7-17-13-8-11(2)14(16)12(3)9-13/h8-10H,4-7H2,1-3H3. The lowest BCUT2D eigenvalue weighted by molar-refractivity contribution is 0.282. The second kappa shape index (κ2) is 7.13. The summed E-state index contributed by atoms with van der Waals surface area (Å²) in [6.07, 6.45) is 2.08. The largest absolute Gasteiger partial charge is 0.494 e. The Labute approximate surface area is 114 Å². The molecule has 0 N–H and O–H groups in total. The van der Waals surface area contributed by atoms with Crippen LogP contribution in [0, 0.1) is 19.8 Å². The lowest BCUT2D eigenvalue weighted by atomic mass is 10.1. The molecule has 1 aromatic carbocycles. The first kappa shape index (κ1) is 14.7. The lowest BCUT2D eigenvalue weighted by Crippen LogP contribution is -2.05. The Morgan fingerprint density at radius 2 is 1.76 bits per heavy atom. The number of rotatable bonds is 6. The Bertz CT molecular complexity index is 340. The zero-order valence-corrected chi connectivity index (χ0v) is 12.2. The minimum absolute atomic E-state index is 0.613. The molecule has 0 heterocycles. The summed E-state index contributed by atoms with van der Waals surface area (Å²) in [4.78, 5) is 0. The van der Waals surface area contributed by atoms with E-state index in [0.717, 1.165) is 47.2 Å². The maximum Gasteiger partial charge on any atom is 0.119 e. The van der Waals surface area contributed by atoms with E-state index in [1.807, 2.05) is 26.0 Å². The van der Waals surface area contributed by atoms with Gasteiger partial charge in [0, 0.05) is 10.9 Å². The minimum atomic E-state index is 0.613. The first-order valence-corrected chi connectivity index (χ1v) is 6.91. The van der Waals surface area contributed by atoms with Crippen molar-refractivity contribution in [2.24, 2.45) is 5.92 Å². The molecule has 0 amide bonds. The number of benzene rings is 1. The lowest BCUT2D eigenvalue weighted by Gasteiger charge is -2.12. The van der Waals surface area contributed by atoms with Crippen molar-refractivity contribution in [3.05, 3.63) is 28.3 Å². The first-order valence-electron chi connectivity index (χ1n) is 6.00. The van der Waals surface area contributed by atoms with Crippen molar-refractivity contribution in [3.8, 4) is 5.75 Å². The Balaban J connectivity index is 2.47. The Kier molecular flexibility index (Phi) is 6.15. The molecule has 1 aromatic rings. The average molecular weight is 275 g/mol. The van der Waals surface area contributed by atoms with Gasteiger partial charge in [0.25, 0.3) is 0 Å². The highest BCUT2D eigenvalue weighted by Crippen LogP contribution is 2.26.